The number of rotatable bonds is 6. The van der Waals surface area contributed by atoms with Crippen molar-refractivity contribution in [3.8, 4) is 5.75 Å². The molecule has 0 aromatic heterocycles. The maximum absolute atomic E-state index is 13.2. The Balaban J connectivity index is 1.82. The molecule has 5 heteroatoms. The van der Waals surface area contributed by atoms with Crippen LogP contribution in [-0.2, 0) is 11.2 Å². The second-order valence-electron chi connectivity index (χ2n) is 7.22. The average Bonchev–Trinajstić information content (AvgIpc) is 3.10. The molecule has 0 unspecified atom stereocenters. The normalized spacial score (nSPS) is 14.0. The van der Waals surface area contributed by atoms with Gasteiger partial charge in [-0.15, -0.1) is 0 Å². The van der Waals surface area contributed by atoms with E-state index in [4.69, 9.17) is 4.74 Å². The molecular weight excluding hydrogens is 340 g/mol. The third-order valence-electron chi connectivity index (χ3n) is 4.82. The maximum atomic E-state index is 13.2. The summed E-state index contributed by atoms with van der Waals surface area (Å²) in [6, 6.07) is 14.4. The largest absolute Gasteiger partial charge is 0.496 e. The van der Waals surface area contributed by atoms with Crippen molar-refractivity contribution in [2.24, 2.45) is 5.92 Å². The molecule has 0 fully saturated rings. The summed E-state index contributed by atoms with van der Waals surface area (Å²) in [6.45, 7) is 4.75. The lowest BCUT2D eigenvalue weighted by atomic mass is 10.0. The van der Waals surface area contributed by atoms with Gasteiger partial charge in [-0.2, -0.15) is 0 Å². The molecule has 3 rings (SSSR count). The van der Waals surface area contributed by atoms with E-state index in [1.54, 1.807) is 23.1 Å². The number of anilines is 1. The Morgan fingerprint density at radius 1 is 1.11 bits per heavy atom. The van der Waals surface area contributed by atoms with E-state index in [1.165, 1.54) is 12.7 Å². The lowest BCUT2D eigenvalue weighted by Crippen LogP contribution is -2.49. The van der Waals surface area contributed by atoms with E-state index in [0.29, 0.717) is 24.3 Å². The van der Waals surface area contributed by atoms with Gasteiger partial charge in [-0.25, -0.2) is 0 Å². The van der Waals surface area contributed by atoms with Crippen LogP contribution in [0, 0.1) is 5.92 Å². The smallest absolute Gasteiger partial charge is 0.255 e. The molecule has 2 amide bonds. The molecule has 0 saturated carbocycles. The number of nitrogens with one attached hydrogen (secondary N) is 1. The average molecular weight is 366 g/mol. The SMILES string of the molecule is COc1ccccc1C(=O)N[C@H](CC(C)C)C(=O)N1CCc2ccccc21. The number of carbonyl (C=O) groups is 2. The van der Waals surface area contributed by atoms with Gasteiger partial charge in [-0.05, 0) is 42.5 Å². The lowest BCUT2D eigenvalue weighted by molar-refractivity contribution is -0.120. The fraction of sp³-hybridized carbons (Fsp3) is 0.364. The zero-order valence-electron chi connectivity index (χ0n) is 16.1. The molecule has 142 valence electrons. The Labute approximate surface area is 160 Å². The third kappa shape index (κ3) is 4.13. The Morgan fingerprint density at radius 2 is 1.81 bits per heavy atom. The molecule has 2 aromatic carbocycles. The first-order valence-corrected chi connectivity index (χ1v) is 9.34. The van der Waals surface area contributed by atoms with E-state index in [1.807, 2.05) is 44.2 Å². The first-order chi connectivity index (χ1) is 13.0. The van der Waals surface area contributed by atoms with Crippen molar-refractivity contribution in [3.63, 3.8) is 0 Å². The van der Waals surface area contributed by atoms with Gasteiger partial charge >= 0.3 is 0 Å². The van der Waals surface area contributed by atoms with Crippen LogP contribution in [-0.4, -0.2) is 31.5 Å². The molecule has 1 aliphatic heterocycles. The van der Waals surface area contributed by atoms with Crippen LogP contribution in [0.2, 0.25) is 0 Å². The van der Waals surface area contributed by atoms with Gasteiger partial charge in [0.15, 0.2) is 0 Å². The van der Waals surface area contributed by atoms with Gasteiger partial charge in [0.2, 0.25) is 5.91 Å². The van der Waals surface area contributed by atoms with Crippen molar-refractivity contribution in [3.05, 3.63) is 59.7 Å². The molecule has 0 aliphatic carbocycles. The minimum Gasteiger partial charge on any atom is -0.496 e. The van der Waals surface area contributed by atoms with Gasteiger partial charge in [0.1, 0.15) is 11.8 Å². The van der Waals surface area contributed by atoms with Crippen molar-refractivity contribution in [2.75, 3.05) is 18.6 Å². The summed E-state index contributed by atoms with van der Waals surface area (Å²) in [7, 11) is 1.53. The molecule has 2 aromatic rings. The van der Waals surface area contributed by atoms with Gasteiger partial charge in [-0.3, -0.25) is 9.59 Å². The van der Waals surface area contributed by atoms with E-state index >= 15 is 0 Å². The molecule has 1 N–H and O–H groups in total. The second kappa shape index (κ2) is 8.25. The number of carbonyl (C=O) groups excluding carboxylic acids is 2. The van der Waals surface area contributed by atoms with Crippen LogP contribution in [0.25, 0.3) is 0 Å². The predicted molar refractivity (Wildman–Crippen MR) is 106 cm³/mol. The highest BCUT2D eigenvalue weighted by atomic mass is 16.5. The second-order valence-corrected chi connectivity index (χ2v) is 7.22. The Hall–Kier alpha value is -2.82. The summed E-state index contributed by atoms with van der Waals surface area (Å²) in [5.74, 6) is 0.419. The number of amides is 2. The number of hydrogen-bond acceptors (Lipinski definition) is 3. The zero-order chi connectivity index (χ0) is 19.4. The summed E-state index contributed by atoms with van der Waals surface area (Å²) in [5.41, 5.74) is 2.55. The van der Waals surface area contributed by atoms with Gasteiger partial charge < -0.3 is 15.0 Å². The van der Waals surface area contributed by atoms with Crippen LogP contribution in [0.3, 0.4) is 0 Å². The molecule has 0 bridgehead atoms. The number of benzene rings is 2. The maximum Gasteiger partial charge on any atom is 0.255 e. The predicted octanol–water partition coefficient (Wildman–Crippen LogP) is 3.43. The lowest BCUT2D eigenvalue weighted by Gasteiger charge is -2.26. The van der Waals surface area contributed by atoms with Crippen LogP contribution in [0.1, 0.15) is 36.2 Å². The summed E-state index contributed by atoms with van der Waals surface area (Å²) >= 11 is 0. The summed E-state index contributed by atoms with van der Waals surface area (Å²) in [4.78, 5) is 27.9. The molecule has 1 heterocycles. The van der Waals surface area contributed by atoms with Gasteiger partial charge in [0, 0.05) is 12.2 Å². The fourth-order valence-electron chi connectivity index (χ4n) is 3.52. The first-order valence-electron chi connectivity index (χ1n) is 9.34. The Bertz CT molecular complexity index is 832. The van der Waals surface area contributed by atoms with Crippen molar-refractivity contribution < 1.29 is 14.3 Å². The number of nitrogens with zero attached hydrogens (tertiary/aromatic N) is 1. The minimum absolute atomic E-state index is 0.0584. The molecule has 1 aliphatic rings. The molecule has 0 saturated heterocycles. The summed E-state index contributed by atoms with van der Waals surface area (Å²) in [6.07, 6.45) is 1.43. The highest BCUT2D eigenvalue weighted by molar-refractivity contribution is 6.04. The Morgan fingerprint density at radius 3 is 2.56 bits per heavy atom. The Kier molecular flexibility index (Phi) is 5.79. The molecule has 0 radical (unpaired) electrons. The highest BCUT2D eigenvalue weighted by Crippen LogP contribution is 2.28. The highest BCUT2D eigenvalue weighted by Gasteiger charge is 2.32. The van der Waals surface area contributed by atoms with Crippen molar-refractivity contribution in [2.45, 2.75) is 32.7 Å². The number of hydrogen-bond donors (Lipinski definition) is 1. The topological polar surface area (TPSA) is 58.6 Å². The molecule has 5 nitrogen and oxygen atoms in total. The summed E-state index contributed by atoms with van der Waals surface area (Å²) in [5, 5.41) is 2.94. The van der Waals surface area contributed by atoms with E-state index in [2.05, 4.69) is 5.32 Å². The number of fused-ring (bicyclic) bond motifs is 1. The van der Waals surface area contributed by atoms with Gasteiger partial charge in [-0.1, -0.05) is 44.2 Å². The van der Waals surface area contributed by atoms with Gasteiger partial charge in [0.25, 0.3) is 5.91 Å². The van der Waals surface area contributed by atoms with Crippen LogP contribution in [0.4, 0.5) is 5.69 Å². The quantitative estimate of drug-likeness (QED) is 0.852. The van der Waals surface area contributed by atoms with E-state index in [-0.39, 0.29) is 17.7 Å². The molecule has 27 heavy (non-hydrogen) atoms. The minimum atomic E-state index is -0.575. The van der Waals surface area contributed by atoms with E-state index in [9.17, 15) is 9.59 Å². The number of methoxy groups -OCH3 is 1. The number of para-hydroxylation sites is 2. The molecular formula is C22H26N2O3. The monoisotopic (exact) mass is 366 g/mol. The standard InChI is InChI=1S/C22H26N2O3/c1-15(2)14-18(23-21(25)17-9-5-7-11-20(17)27-3)22(26)24-13-12-16-8-4-6-10-19(16)24/h4-11,15,18H,12-14H2,1-3H3,(H,23,25)/t18-/m1/s1. The molecule has 0 spiro atoms. The first kappa shape index (κ1) is 19.0. The van der Waals surface area contributed by atoms with Gasteiger partial charge in [0.05, 0.1) is 12.7 Å². The fourth-order valence-corrected chi connectivity index (χ4v) is 3.52. The van der Waals surface area contributed by atoms with Crippen LogP contribution in [0.15, 0.2) is 48.5 Å². The third-order valence-corrected chi connectivity index (χ3v) is 4.82. The van der Waals surface area contributed by atoms with Crippen LogP contribution in [0.5, 0.6) is 5.75 Å². The molecule has 1 atom stereocenters. The zero-order valence-corrected chi connectivity index (χ0v) is 16.1. The van der Waals surface area contributed by atoms with Crippen molar-refractivity contribution in [1.82, 2.24) is 5.32 Å². The van der Waals surface area contributed by atoms with Crippen molar-refractivity contribution >= 4 is 17.5 Å². The summed E-state index contributed by atoms with van der Waals surface area (Å²) < 4.78 is 5.28. The van der Waals surface area contributed by atoms with Crippen LogP contribution >= 0.6 is 0 Å². The van der Waals surface area contributed by atoms with Crippen molar-refractivity contribution in [1.29, 1.82) is 0 Å². The van der Waals surface area contributed by atoms with E-state index in [0.717, 1.165) is 12.1 Å². The van der Waals surface area contributed by atoms with Crippen LogP contribution < -0.4 is 15.0 Å². The van der Waals surface area contributed by atoms with E-state index < -0.39 is 6.04 Å². The number of ether oxygens (including phenoxy) is 1.